The molecule has 6 heteroatoms. The molecule has 1 aliphatic carbocycles. The van der Waals surface area contributed by atoms with Gasteiger partial charge in [0.1, 0.15) is 5.82 Å². The van der Waals surface area contributed by atoms with E-state index < -0.39 is 0 Å². The Morgan fingerprint density at radius 3 is 2.06 bits per heavy atom. The molecule has 7 aromatic carbocycles. The summed E-state index contributed by atoms with van der Waals surface area (Å²) < 4.78 is 11.4. The minimum Gasteiger partial charge on any atom is -0.503 e. The van der Waals surface area contributed by atoms with Crippen LogP contribution in [-0.4, -0.2) is 19.1 Å². The van der Waals surface area contributed by atoms with E-state index in [1.54, 1.807) is 0 Å². The molecule has 10 aromatic rings. The van der Waals surface area contributed by atoms with Gasteiger partial charge < -0.3 is 13.9 Å². The van der Waals surface area contributed by atoms with Crippen LogP contribution in [0.15, 0.2) is 146 Å². The molecule has 0 amide bonds. The first-order valence-corrected chi connectivity index (χ1v) is 23.3. The largest absolute Gasteiger partial charge is 2.00 e. The maximum atomic E-state index is 6.82. The van der Waals surface area contributed by atoms with Crippen LogP contribution in [0.4, 0.5) is 0 Å². The van der Waals surface area contributed by atoms with Crippen molar-refractivity contribution in [1.29, 1.82) is 0 Å². The molecule has 11 rings (SSSR count). The fraction of sp³-hybridized carbons (Fsp3) is 0.246. The van der Waals surface area contributed by atoms with E-state index in [0.717, 1.165) is 67.9 Å². The third-order valence-corrected chi connectivity index (χ3v) is 13.9. The van der Waals surface area contributed by atoms with Gasteiger partial charge in [-0.05, 0) is 115 Å². The number of imidazole rings is 1. The molecule has 5 nitrogen and oxygen atoms in total. The molecule has 0 fully saturated rings. The number of ether oxygens (including phenoxy) is 1. The van der Waals surface area contributed by atoms with Crippen LogP contribution in [0.25, 0.3) is 77.6 Å². The van der Waals surface area contributed by atoms with Crippen LogP contribution in [0.3, 0.4) is 0 Å². The number of benzene rings is 7. The first-order valence-electron chi connectivity index (χ1n) is 23.3. The zero-order valence-corrected chi connectivity index (χ0v) is 42.3. The zero-order chi connectivity index (χ0) is 45.9. The summed E-state index contributed by atoms with van der Waals surface area (Å²) in [4.78, 5) is 10.3. The first kappa shape index (κ1) is 44.5. The van der Waals surface area contributed by atoms with E-state index in [0.29, 0.717) is 11.5 Å². The Bertz CT molecular complexity index is 3560. The van der Waals surface area contributed by atoms with Gasteiger partial charge in [0.05, 0.1) is 16.9 Å². The van der Waals surface area contributed by atoms with E-state index >= 15 is 0 Å². The monoisotopic (exact) mass is 1060 g/mol. The molecule has 0 atom stereocenters. The van der Waals surface area contributed by atoms with Crippen LogP contribution in [-0.2, 0) is 42.7 Å². The SMILES string of the molecule is CC(C)(C)c1ccnc(-n2c3[c-]c(Oc4[c-]c(-c5nc6ccccc6n5-c5ccc(C(C)(C)C)cc5-c5ccccc5)ccc4)ccc3c3c4cccc5c4c(cc32)C(C)(C)CC5(C)C)c1.[Pt+2]. The number of fused-ring (bicyclic) bond motifs is 5. The first-order chi connectivity index (χ1) is 31.5. The Hall–Kier alpha value is -6.29. The third-order valence-electron chi connectivity index (χ3n) is 13.9. The predicted octanol–water partition coefficient (Wildman–Crippen LogP) is 15.9. The molecular weight excluding hydrogens is 1000 g/mol. The van der Waals surface area contributed by atoms with Crippen LogP contribution in [0, 0.1) is 12.1 Å². The molecule has 0 N–H and O–H groups in total. The maximum absolute atomic E-state index is 6.82. The van der Waals surface area contributed by atoms with Gasteiger partial charge in [-0.15, -0.1) is 41.3 Å². The summed E-state index contributed by atoms with van der Waals surface area (Å²) in [6.45, 7) is 23.1. The van der Waals surface area contributed by atoms with Crippen molar-refractivity contribution in [3.8, 4) is 45.5 Å². The van der Waals surface area contributed by atoms with Crippen LogP contribution >= 0.6 is 0 Å². The second kappa shape index (κ2) is 15.9. The molecule has 1 aliphatic rings. The fourth-order valence-electron chi connectivity index (χ4n) is 10.8. The topological polar surface area (TPSA) is 44.9 Å². The average Bonchev–Trinajstić information content (AvgIpc) is 3.83. The Morgan fingerprint density at radius 1 is 0.582 bits per heavy atom. The second-order valence-corrected chi connectivity index (χ2v) is 21.7. The summed E-state index contributed by atoms with van der Waals surface area (Å²) in [7, 11) is 0. The van der Waals surface area contributed by atoms with Crippen LogP contribution in [0.2, 0.25) is 0 Å². The summed E-state index contributed by atoms with van der Waals surface area (Å²) in [5.74, 6) is 2.83. The van der Waals surface area contributed by atoms with Crippen molar-refractivity contribution < 1.29 is 25.8 Å². The van der Waals surface area contributed by atoms with Gasteiger partial charge in [0, 0.05) is 34.5 Å². The number of hydrogen-bond donors (Lipinski definition) is 0. The predicted molar refractivity (Wildman–Crippen MR) is 274 cm³/mol. The van der Waals surface area contributed by atoms with E-state index in [-0.39, 0.29) is 42.7 Å². The van der Waals surface area contributed by atoms with Crippen molar-refractivity contribution in [1.82, 2.24) is 19.1 Å². The van der Waals surface area contributed by atoms with Gasteiger partial charge in [-0.1, -0.05) is 148 Å². The number of nitrogens with zero attached hydrogens (tertiary/aromatic N) is 4. The van der Waals surface area contributed by atoms with Gasteiger partial charge in [0.2, 0.25) is 0 Å². The third kappa shape index (κ3) is 7.51. The van der Waals surface area contributed by atoms with Crippen molar-refractivity contribution >= 4 is 43.6 Å². The van der Waals surface area contributed by atoms with Crippen molar-refractivity contribution in [3.05, 3.63) is 180 Å². The molecular formula is C61H56N4OPt. The van der Waals surface area contributed by atoms with E-state index in [2.05, 4.69) is 206 Å². The molecule has 336 valence electrons. The van der Waals surface area contributed by atoms with E-state index in [1.807, 2.05) is 30.5 Å². The van der Waals surface area contributed by atoms with Crippen molar-refractivity contribution in [2.75, 3.05) is 0 Å². The Kier molecular flexibility index (Phi) is 10.6. The quantitative estimate of drug-likeness (QED) is 0.156. The molecule has 0 aliphatic heterocycles. The molecule has 3 heterocycles. The molecule has 0 radical (unpaired) electrons. The summed E-state index contributed by atoms with van der Waals surface area (Å²) in [5.41, 5.74) is 13.4. The molecule has 0 bridgehead atoms. The van der Waals surface area contributed by atoms with E-state index in [9.17, 15) is 0 Å². The number of para-hydroxylation sites is 2. The van der Waals surface area contributed by atoms with Gasteiger partial charge in [-0.2, -0.15) is 6.07 Å². The summed E-state index contributed by atoms with van der Waals surface area (Å²) >= 11 is 0. The number of rotatable bonds is 6. The second-order valence-electron chi connectivity index (χ2n) is 21.7. The molecule has 67 heavy (non-hydrogen) atoms. The van der Waals surface area contributed by atoms with Crippen molar-refractivity contribution in [2.45, 2.75) is 97.3 Å². The molecule has 0 unspecified atom stereocenters. The van der Waals surface area contributed by atoms with Gasteiger partial charge in [0.15, 0.2) is 0 Å². The average molecular weight is 1060 g/mol. The number of aromatic nitrogens is 4. The minimum absolute atomic E-state index is 0. The van der Waals surface area contributed by atoms with Gasteiger partial charge in [-0.3, -0.25) is 4.98 Å². The van der Waals surface area contributed by atoms with Crippen molar-refractivity contribution in [3.63, 3.8) is 0 Å². The standard InChI is InChI=1S/C61H56N4O.Pt/c1-58(2,3)40-26-29-50(46(33-40)38-18-12-11-13-19-38)65-51-25-15-14-24-49(51)63-57(65)39-20-16-21-42(32-39)66-43-27-28-44-52(35-43)64(54-34-41(30-31-62-54)59(4,5)6)53-36-48-56-45(55(44)53)22-17-23-47(56)60(7,8)37-61(48,9)10;/h11-31,33-34,36H,37H2,1-10H3;/q-2;+2. The normalized spacial score (nSPS) is 14.5. The molecule has 0 spiro atoms. The fourth-order valence-corrected chi connectivity index (χ4v) is 10.8. The van der Waals surface area contributed by atoms with Crippen LogP contribution in [0.1, 0.15) is 97.9 Å². The van der Waals surface area contributed by atoms with Gasteiger partial charge in [-0.25, -0.2) is 4.98 Å². The smallest absolute Gasteiger partial charge is 0.503 e. The maximum Gasteiger partial charge on any atom is 2.00 e. The molecule has 0 saturated carbocycles. The number of pyridine rings is 1. The van der Waals surface area contributed by atoms with E-state index in [1.165, 1.54) is 38.4 Å². The zero-order valence-electron chi connectivity index (χ0n) is 40.1. The number of hydrogen-bond acceptors (Lipinski definition) is 3. The molecule has 0 saturated heterocycles. The Labute approximate surface area is 409 Å². The van der Waals surface area contributed by atoms with Crippen LogP contribution in [0.5, 0.6) is 11.5 Å². The van der Waals surface area contributed by atoms with Crippen LogP contribution < -0.4 is 4.74 Å². The Balaban J connectivity index is 0.00000525. The summed E-state index contributed by atoms with van der Waals surface area (Å²) in [6.07, 6.45) is 3.00. The Morgan fingerprint density at radius 2 is 1.28 bits per heavy atom. The van der Waals surface area contributed by atoms with E-state index in [4.69, 9.17) is 14.7 Å². The summed E-state index contributed by atoms with van der Waals surface area (Å²) in [6, 6.07) is 57.3. The minimum atomic E-state index is -0.0595. The van der Waals surface area contributed by atoms with Gasteiger partial charge >= 0.3 is 21.1 Å². The van der Waals surface area contributed by atoms with Crippen molar-refractivity contribution in [2.24, 2.45) is 0 Å². The molecule has 3 aromatic heterocycles. The summed E-state index contributed by atoms with van der Waals surface area (Å²) in [5, 5.41) is 4.97. The van der Waals surface area contributed by atoms with Gasteiger partial charge in [0.25, 0.3) is 0 Å².